The lowest BCUT2D eigenvalue weighted by molar-refractivity contribution is 0.356. The second kappa shape index (κ2) is 6.29. The van der Waals surface area contributed by atoms with Gasteiger partial charge in [0.05, 0.1) is 23.5 Å². The molecule has 1 aliphatic rings. The number of halogens is 1. The van der Waals surface area contributed by atoms with E-state index in [9.17, 15) is 4.39 Å². The molecular formula is C19H17FN4S. The Bertz CT molecular complexity index is 909. The zero-order valence-electron chi connectivity index (χ0n) is 13.6. The Morgan fingerprint density at radius 1 is 1.08 bits per heavy atom. The van der Waals surface area contributed by atoms with Crippen LogP contribution in [0.2, 0.25) is 0 Å². The predicted molar refractivity (Wildman–Crippen MR) is 98.9 cm³/mol. The van der Waals surface area contributed by atoms with Gasteiger partial charge in [0.25, 0.3) is 0 Å². The van der Waals surface area contributed by atoms with Crippen molar-refractivity contribution in [1.29, 1.82) is 0 Å². The van der Waals surface area contributed by atoms with Crippen molar-refractivity contribution in [2.75, 3.05) is 7.05 Å². The Morgan fingerprint density at radius 2 is 1.88 bits per heavy atom. The van der Waals surface area contributed by atoms with Crippen LogP contribution in [0, 0.1) is 5.82 Å². The summed E-state index contributed by atoms with van der Waals surface area (Å²) in [5.74, 6) is -0.259. The van der Waals surface area contributed by atoms with Crippen molar-refractivity contribution in [2.24, 2.45) is 0 Å². The van der Waals surface area contributed by atoms with Crippen LogP contribution in [0.5, 0.6) is 0 Å². The molecule has 2 atom stereocenters. The second-order valence-corrected chi connectivity index (χ2v) is 6.38. The minimum Gasteiger partial charge on any atom is -0.352 e. The molecule has 0 bridgehead atoms. The largest absolute Gasteiger partial charge is 0.352 e. The smallest absolute Gasteiger partial charge is 0.169 e. The number of nitrogens with one attached hydrogen (secondary N) is 1. The standard InChI is InChI=1S/C19H17FN4S/c1-23-18(17(22-19(23)25)14-8-4-5-11-21-14)16-10-6-12-24(16)15-9-3-2-7-13(15)20/h2-12,17-18H,1H3,(H,22,25)/t17-,18-/m0/s1. The zero-order valence-corrected chi connectivity index (χ0v) is 14.4. The molecule has 1 fully saturated rings. The van der Waals surface area contributed by atoms with Crippen molar-refractivity contribution in [3.8, 4) is 5.69 Å². The summed E-state index contributed by atoms with van der Waals surface area (Å²) in [7, 11) is 1.95. The molecule has 6 heteroatoms. The van der Waals surface area contributed by atoms with E-state index in [1.54, 1.807) is 18.3 Å². The van der Waals surface area contributed by atoms with Crippen molar-refractivity contribution >= 4 is 17.3 Å². The van der Waals surface area contributed by atoms with Crippen LogP contribution in [0.1, 0.15) is 23.5 Å². The lowest BCUT2D eigenvalue weighted by Gasteiger charge is -2.25. The number of para-hydroxylation sites is 1. The zero-order chi connectivity index (χ0) is 17.4. The highest BCUT2D eigenvalue weighted by Gasteiger charge is 2.39. The molecule has 1 N–H and O–H groups in total. The maximum absolute atomic E-state index is 14.3. The summed E-state index contributed by atoms with van der Waals surface area (Å²) in [6.07, 6.45) is 3.64. The van der Waals surface area contributed by atoms with Crippen LogP contribution >= 0.6 is 12.2 Å². The molecule has 4 rings (SSSR count). The summed E-state index contributed by atoms with van der Waals surface area (Å²) in [5, 5.41) is 3.99. The quantitative estimate of drug-likeness (QED) is 0.730. The van der Waals surface area contributed by atoms with Gasteiger partial charge in [-0.1, -0.05) is 18.2 Å². The minimum absolute atomic E-state index is 0.0861. The number of pyridine rings is 1. The van der Waals surface area contributed by atoms with E-state index in [1.807, 2.05) is 59.1 Å². The van der Waals surface area contributed by atoms with Gasteiger partial charge >= 0.3 is 0 Å². The Labute approximate surface area is 150 Å². The SMILES string of the molecule is CN1C(=S)N[C@@H](c2ccccn2)[C@@H]1c1cccn1-c1ccccc1F. The van der Waals surface area contributed by atoms with Gasteiger partial charge in [-0.3, -0.25) is 4.98 Å². The summed E-state index contributed by atoms with van der Waals surface area (Å²) in [6, 6.07) is 16.3. The van der Waals surface area contributed by atoms with Gasteiger partial charge < -0.3 is 14.8 Å². The molecule has 4 nitrogen and oxygen atoms in total. The molecule has 126 valence electrons. The Balaban J connectivity index is 1.82. The lowest BCUT2D eigenvalue weighted by atomic mass is 10.0. The molecule has 0 radical (unpaired) electrons. The Kier molecular flexibility index (Phi) is 3.97. The maximum atomic E-state index is 14.3. The third-order valence-electron chi connectivity index (χ3n) is 4.53. The number of thiocarbonyl (C=S) groups is 1. The minimum atomic E-state index is -0.259. The number of hydrogen-bond donors (Lipinski definition) is 1. The molecule has 3 heterocycles. The van der Waals surface area contributed by atoms with Gasteiger partial charge in [-0.25, -0.2) is 4.39 Å². The van der Waals surface area contributed by atoms with Crippen molar-refractivity contribution in [1.82, 2.24) is 19.8 Å². The summed E-state index contributed by atoms with van der Waals surface area (Å²) in [6.45, 7) is 0. The number of nitrogens with zero attached hydrogens (tertiary/aromatic N) is 3. The topological polar surface area (TPSA) is 33.1 Å². The van der Waals surface area contributed by atoms with Crippen LogP contribution in [-0.4, -0.2) is 26.6 Å². The van der Waals surface area contributed by atoms with Crippen LogP contribution in [0.4, 0.5) is 4.39 Å². The fourth-order valence-electron chi connectivity index (χ4n) is 3.33. The van der Waals surface area contributed by atoms with Crippen LogP contribution in [0.25, 0.3) is 5.69 Å². The number of likely N-dealkylation sites (N-methyl/N-ethyl adjacent to an activating group) is 1. The molecule has 0 spiro atoms. The third-order valence-corrected chi connectivity index (χ3v) is 4.94. The van der Waals surface area contributed by atoms with Crippen molar-refractivity contribution in [3.05, 3.63) is 84.2 Å². The predicted octanol–water partition coefficient (Wildman–Crippen LogP) is 3.61. The highest BCUT2D eigenvalue weighted by molar-refractivity contribution is 7.80. The van der Waals surface area contributed by atoms with Gasteiger partial charge in [-0.05, 0) is 48.6 Å². The lowest BCUT2D eigenvalue weighted by Crippen LogP contribution is -2.26. The fraction of sp³-hybridized carbons (Fsp3) is 0.158. The highest BCUT2D eigenvalue weighted by atomic mass is 32.1. The average Bonchev–Trinajstić information content (AvgIpc) is 3.21. The number of hydrogen-bond acceptors (Lipinski definition) is 2. The van der Waals surface area contributed by atoms with E-state index in [2.05, 4.69) is 10.3 Å². The van der Waals surface area contributed by atoms with Gasteiger partial charge in [0.15, 0.2) is 5.11 Å². The summed E-state index contributed by atoms with van der Waals surface area (Å²) < 4.78 is 16.2. The van der Waals surface area contributed by atoms with Gasteiger partial charge in [0.1, 0.15) is 5.82 Å². The first kappa shape index (κ1) is 15.8. The molecule has 3 aromatic rings. The van der Waals surface area contributed by atoms with E-state index in [4.69, 9.17) is 12.2 Å². The first-order chi connectivity index (χ1) is 12.2. The molecule has 0 aliphatic carbocycles. The van der Waals surface area contributed by atoms with Crippen LogP contribution in [0.3, 0.4) is 0 Å². The molecule has 2 aromatic heterocycles. The highest BCUT2D eigenvalue weighted by Crippen LogP contribution is 2.38. The van der Waals surface area contributed by atoms with E-state index in [1.165, 1.54) is 6.07 Å². The molecule has 1 aromatic carbocycles. The number of benzene rings is 1. The number of rotatable bonds is 3. The van der Waals surface area contributed by atoms with Gasteiger partial charge in [0.2, 0.25) is 0 Å². The van der Waals surface area contributed by atoms with Crippen molar-refractivity contribution in [2.45, 2.75) is 12.1 Å². The molecule has 0 saturated carbocycles. The normalized spacial score (nSPS) is 19.9. The average molecular weight is 352 g/mol. The van der Waals surface area contributed by atoms with Crippen LogP contribution in [0.15, 0.2) is 67.0 Å². The van der Waals surface area contributed by atoms with Gasteiger partial charge in [-0.15, -0.1) is 0 Å². The van der Waals surface area contributed by atoms with Crippen LogP contribution < -0.4 is 5.32 Å². The van der Waals surface area contributed by atoms with Gasteiger partial charge in [-0.2, -0.15) is 0 Å². The van der Waals surface area contributed by atoms with E-state index in [0.717, 1.165) is 11.4 Å². The van der Waals surface area contributed by atoms with E-state index in [0.29, 0.717) is 10.8 Å². The molecule has 1 saturated heterocycles. The van der Waals surface area contributed by atoms with Crippen molar-refractivity contribution < 1.29 is 4.39 Å². The summed E-state index contributed by atoms with van der Waals surface area (Å²) in [4.78, 5) is 6.48. The van der Waals surface area contributed by atoms with Gasteiger partial charge in [0, 0.05) is 25.1 Å². The second-order valence-electron chi connectivity index (χ2n) is 5.99. The van der Waals surface area contributed by atoms with Crippen LogP contribution in [-0.2, 0) is 0 Å². The van der Waals surface area contributed by atoms with E-state index < -0.39 is 0 Å². The first-order valence-electron chi connectivity index (χ1n) is 8.03. The van der Waals surface area contributed by atoms with E-state index >= 15 is 0 Å². The van der Waals surface area contributed by atoms with Crippen molar-refractivity contribution in [3.63, 3.8) is 0 Å². The molecule has 1 aliphatic heterocycles. The monoisotopic (exact) mass is 352 g/mol. The molecule has 25 heavy (non-hydrogen) atoms. The Hall–Kier alpha value is -2.73. The third kappa shape index (κ3) is 2.68. The molecule has 0 amide bonds. The maximum Gasteiger partial charge on any atom is 0.169 e. The fourth-order valence-corrected chi connectivity index (χ4v) is 3.57. The molecule has 0 unspecified atom stereocenters. The van der Waals surface area contributed by atoms with E-state index in [-0.39, 0.29) is 17.9 Å². The summed E-state index contributed by atoms with van der Waals surface area (Å²) in [5.41, 5.74) is 2.38. The first-order valence-corrected chi connectivity index (χ1v) is 8.44. The number of aromatic nitrogens is 2. The molecular weight excluding hydrogens is 335 g/mol. The Morgan fingerprint density at radius 3 is 2.64 bits per heavy atom. The summed E-state index contributed by atoms with van der Waals surface area (Å²) >= 11 is 5.46.